The number of rotatable bonds is 6. The Morgan fingerprint density at radius 3 is 2.31 bits per heavy atom. The van der Waals surface area contributed by atoms with Crippen molar-refractivity contribution in [2.75, 3.05) is 39.3 Å². The Labute approximate surface area is 212 Å². The van der Waals surface area contributed by atoms with Crippen molar-refractivity contribution in [1.29, 1.82) is 0 Å². The Hall–Kier alpha value is -3.35. The summed E-state index contributed by atoms with van der Waals surface area (Å²) in [6.45, 7) is 12.7. The van der Waals surface area contributed by atoms with Gasteiger partial charge in [-0.2, -0.15) is 0 Å². The number of hydrogen-bond acceptors (Lipinski definition) is 6. The number of furan rings is 1. The molecule has 0 aliphatic carbocycles. The van der Waals surface area contributed by atoms with E-state index in [-0.39, 0.29) is 18.4 Å². The van der Waals surface area contributed by atoms with E-state index in [2.05, 4.69) is 47.9 Å². The van der Waals surface area contributed by atoms with Crippen LogP contribution < -0.4 is 0 Å². The first kappa shape index (κ1) is 24.3. The molecule has 2 heterocycles. The van der Waals surface area contributed by atoms with E-state index in [1.54, 1.807) is 13.8 Å². The van der Waals surface area contributed by atoms with Crippen LogP contribution in [0.2, 0.25) is 0 Å². The van der Waals surface area contributed by atoms with Crippen molar-refractivity contribution in [1.82, 2.24) is 9.80 Å². The normalized spacial score (nSPS) is 16.0. The van der Waals surface area contributed by atoms with E-state index in [1.165, 1.54) is 5.56 Å². The molecule has 1 aromatic heterocycles. The van der Waals surface area contributed by atoms with Crippen LogP contribution in [0, 0.1) is 13.8 Å². The van der Waals surface area contributed by atoms with Crippen molar-refractivity contribution >= 4 is 27.7 Å². The number of piperazine rings is 1. The van der Waals surface area contributed by atoms with Gasteiger partial charge in [0.2, 0.25) is 0 Å². The molecule has 36 heavy (non-hydrogen) atoms. The van der Waals surface area contributed by atoms with Crippen LogP contribution in [0.15, 0.2) is 52.9 Å². The highest BCUT2D eigenvalue weighted by Gasteiger charge is 2.34. The molecule has 1 saturated heterocycles. The van der Waals surface area contributed by atoms with E-state index in [9.17, 15) is 9.90 Å². The molecule has 4 aromatic rings. The van der Waals surface area contributed by atoms with Gasteiger partial charge in [0.05, 0.1) is 12.6 Å². The molecular formula is C30H34N2O4. The number of phenols is 1. The highest BCUT2D eigenvalue weighted by atomic mass is 16.5. The van der Waals surface area contributed by atoms with Crippen LogP contribution in [0.5, 0.6) is 5.75 Å². The zero-order valence-electron chi connectivity index (χ0n) is 21.5. The molecule has 1 N–H and O–H groups in total. The van der Waals surface area contributed by atoms with Gasteiger partial charge in [0, 0.05) is 47.9 Å². The summed E-state index contributed by atoms with van der Waals surface area (Å²) in [4.78, 5) is 18.1. The number of aryl methyl sites for hydroxylation is 2. The summed E-state index contributed by atoms with van der Waals surface area (Å²) < 4.78 is 11.7. The van der Waals surface area contributed by atoms with E-state index in [1.807, 2.05) is 24.3 Å². The van der Waals surface area contributed by atoms with Gasteiger partial charge in [-0.25, -0.2) is 4.79 Å². The van der Waals surface area contributed by atoms with Gasteiger partial charge in [-0.1, -0.05) is 61.0 Å². The van der Waals surface area contributed by atoms with Gasteiger partial charge in [0.15, 0.2) is 0 Å². The van der Waals surface area contributed by atoms with Gasteiger partial charge in [-0.05, 0) is 32.9 Å². The zero-order valence-corrected chi connectivity index (χ0v) is 21.5. The van der Waals surface area contributed by atoms with Crippen molar-refractivity contribution < 1.29 is 19.1 Å². The summed E-state index contributed by atoms with van der Waals surface area (Å²) in [5, 5.41) is 14.0. The fourth-order valence-corrected chi connectivity index (χ4v) is 5.50. The second kappa shape index (κ2) is 9.96. The third-order valence-electron chi connectivity index (χ3n) is 7.40. The lowest BCUT2D eigenvalue weighted by molar-refractivity contribution is 0.0526. The molecule has 188 valence electrons. The van der Waals surface area contributed by atoms with Crippen LogP contribution in [0.3, 0.4) is 0 Å². The van der Waals surface area contributed by atoms with Gasteiger partial charge in [0.1, 0.15) is 22.7 Å². The molecule has 1 unspecified atom stereocenters. The Balaban J connectivity index is 1.83. The summed E-state index contributed by atoms with van der Waals surface area (Å²) in [5.41, 5.74) is 3.96. The molecule has 1 aliphatic heterocycles. The first-order valence-corrected chi connectivity index (χ1v) is 12.8. The van der Waals surface area contributed by atoms with Gasteiger partial charge >= 0.3 is 5.97 Å². The van der Waals surface area contributed by atoms with E-state index in [0.717, 1.165) is 43.7 Å². The SMILES string of the molecule is CCOC(=O)c1c(C)oc2c1c(C(c1ccc(C)cc1)N1CCN(CC)CC1)c(O)c1ccccc12. The first-order chi connectivity index (χ1) is 17.4. The second-order valence-electron chi connectivity index (χ2n) is 9.55. The number of fused-ring (bicyclic) bond motifs is 3. The van der Waals surface area contributed by atoms with Crippen molar-refractivity contribution in [2.24, 2.45) is 0 Å². The number of benzene rings is 3. The number of ether oxygens (including phenoxy) is 1. The Morgan fingerprint density at radius 2 is 1.67 bits per heavy atom. The topological polar surface area (TPSA) is 66.2 Å². The van der Waals surface area contributed by atoms with Crippen molar-refractivity contribution in [3.63, 3.8) is 0 Å². The number of hydrogen-bond donors (Lipinski definition) is 1. The maximum atomic E-state index is 13.2. The largest absolute Gasteiger partial charge is 0.507 e. The van der Waals surface area contributed by atoms with Crippen LogP contribution in [-0.2, 0) is 4.74 Å². The van der Waals surface area contributed by atoms with E-state index >= 15 is 0 Å². The van der Waals surface area contributed by atoms with Crippen LogP contribution in [0.25, 0.3) is 21.7 Å². The average Bonchev–Trinajstić information content (AvgIpc) is 3.24. The summed E-state index contributed by atoms with van der Waals surface area (Å²) in [7, 11) is 0. The molecular weight excluding hydrogens is 452 g/mol. The molecule has 0 amide bonds. The number of carbonyl (C=O) groups is 1. The van der Waals surface area contributed by atoms with Crippen molar-refractivity contribution in [3.8, 4) is 5.75 Å². The highest BCUT2D eigenvalue weighted by Crippen LogP contribution is 2.47. The standard InChI is InChI=1S/C30H34N2O4/c1-5-31-15-17-32(18-16-31)27(21-13-11-19(3)12-14-21)26-25-24(30(34)35-6-2)20(4)36-29(25)23-10-8-7-9-22(23)28(26)33/h7-14,27,33H,5-6,15-18H2,1-4H3. The highest BCUT2D eigenvalue weighted by molar-refractivity contribution is 6.16. The van der Waals surface area contributed by atoms with Crippen molar-refractivity contribution in [2.45, 2.75) is 33.7 Å². The molecule has 0 saturated carbocycles. The number of nitrogens with zero attached hydrogens (tertiary/aromatic N) is 2. The predicted octanol–water partition coefficient (Wildman–Crippen LogP) is 5.81. The second-order valence-corrected chi connectivity index (χ2v) is 9.55. The molecule has 0 radical (unpaired) electrons. The van der Waals surface area contributed by atoms with Crippen LogP contribution >= 0.6 is 0 Å². The third kappa shape index (κ3) is 4.14. The molecule has 0 bridgehead atoms. The van der Waals surface area contributed by atoms with Gasteiger partial charge in [0.25, 0.3) is 0 Å². The van der Waals surface area contributed by atoms with Crippen LogP contribution in [0.4, 0.5) is 0 Å². The van der Waals surface area contributed by atoms with Crippen LogP contribution in [0.1, 0.15) is 52.7 Å². The molecule has 1 atom stereocenters. The van der Waals surface area contributed by atoms with Gasteiger partial charge in [-0.15, -0.1) is 0 Å². The maximum Gasteiger partial charge on any atom is 0.342 e. The smallest absolute Gasteiger partial charge is 0.342 e. The molecule has 6 nitrogen and oxygen atoms in total. The van der Waals surface area contributed by atoms with E-state index < -0.39 is 5.97 Å². The minimum atomic E-state index is -0.428. The molecule has 6 heteroatoms. The number of phenolic OH excluding ortho intramolecular Hbond substituents is 1. The lowest BCUT2D eigenvalue weighted by Crippen LogP contribution is -2.47. The minimum absolute atomic E-state index is 0.188. The van der Waals surface area contributed by atoms with E-state index in [0.29, 0.717) is 33.2 Å². The summed E-state index contributed by atoms with van der Waals surface area (Å²) in [5.74, 6) is 0.259. The molecule has 5 rings (SSSR count). The fourth-order valence-electron chi connectivity index (χ4n) is 5.50. The minimum Gasteiger partial charge on any atom is -0.507 e. The summed E-state index contributed by atoms with van der Waals surface area (Å²) >= 11 is 0. The molecule has 3 aromatic carbocycles. The number of carbonyl (C=O) groups excluding carboxylic acids is 1. The lowest BCUT2D eigenvalue weighted by atomic mass is 9.88. The van der Waals surface area contributed by atoms with E-state index in [4.69, 9.17) is 9.15 Å². The first-order valence-electron chi connectivity index (χ1n) is 12.8. The predicted molar refractivity (Wildman–Crippen MR) is 143 cm³/mol. The monoisotopic (exact) mass is 486 g/mol. The number of likely N-dealkylation sites (N-methyl/N-ethyl adjacent to an activating group) is 1. The van der Waals surface area contributed by atoms with Crippen LogP contribution in [-0.4, -0.2) is 60.2 Å². The van der Waals surface area contributed by atoms with Gasteiger partial charge < -0.3 is 19.2 Å². The number of esters is 1. The summed E-state index contributed by atoms with van der Waals surface area (Å²) in [6.07, 6.45) is 0. The average molecular weight is 487 g/mol. The zero-order chi connectivity index (χ0) is 25.4. The quantitative estimate of drug-likeness (QED) is 0.347. The Kier molecular flexibility index (Phi) is 6.73. The molecule has 1 fully saturated rings. The van der Waals surface area contributed by atoms with Gasteiger partial charge in [-0.3, -0.25) is 4.90 Å². The summed E-state index contributed by atoms with van der Waals surface area (Å²) in [6, 6.07) is 15.9. The maximum absolute atomic E-state index is 13.2. The molecule has 0 spiro atoms. The van der Waals surface area contributed by atoms with Crippen molar-refractivity contribution in [3.05, 3.63) is 76.5 Å². The third-order valence-corrected chi connectivity index (χ3v) is 7.40. The lowest BCUT2D eigenvalue weighted by Gasteiger charge is -2.40. The Bertz CT molecular complexity index is 1400. The number of aromatic hydroxyl groups is 1. The Morgan fingerprint density at radius 1 is 1.00 bits per heavy atom. The molecule has 1 aliphatic rings. The fraction of sp³-hybridized carbons (Fsp3) is 0.367.